The van der Waals surface area contributed by atoms with Crippen LogP contribution in [0.1, 0.15) is 22.9 Å². The molecule has 4 aromatic rings. The van der Waals surface area contributed by atoms with Crippen LogP contribution in [0.15, 0.2) is 72.3 Å². The van der Waals surface area contributed by atoms with Crippen molar-refractivity contribution in [1.29, 1.82) is 0 Å². The van der Waals surface area contributed by atoms with E-state index in [1.807, 2.05) is 31.2 Å². The molecule has 8 nitrogen and oxygen atoms in total. The second-order valence-corrected chi connectivity index (χ2v) is 8.65. The van der Waals surface area contributed by atoms with Gasteiger partial charge in [-0.05, 0) is 37.3 Å². The Morgan fingerprint density at radius 1 is 0.892 bits per heavy atom. The van der Waals surface area contributed by atoms with Crippen molar-refractivity contribution in [2.24, 2.45) is 0 Å². The standard InChI is InChI=1S/C29H26N2O6/c1-16-24(20-10-5-6-11-22(20)30-16)26-25(27(32)21-13-12-19(36-3)15-23(21)37-4)28(33)29(34)31(26)17-8-7-9-18(14-17)35-2/h5-15,26,30,32H,1-4H3/b27-25+. The lowest BCUT2D eigenvalue weighted by Crippen LogP contribution is -2.29. The number of Topliss-reactive ketones (excluding diaryl/α,β-unsaturated/α-hetero) is 1. The van der Waals surface area contributed by atoms with Crippen molar-refractivity contribution in [3.63, 3.8) is 0 Å². The summed E-state index contributed by atoms with van der Waals surface area (Å²) in [5.41, 5.74) is 3.05. The van der Waals surface area contributed by atoms with Crippen molar-refractivity contribution in [1.82, 2.24) is 4.98 Å². The molecule has 1 atom stereocenters. The van der Waals surface area contributed by atoms with E-state index in [-0.39, 0.29) is 16.9 Å². The topological polar surface area (TPSA) is 101 Å². The molecule has 0 radical (unpaired) electrons. The lowest BCUT2D eigenvalue weighted by molar-refractivity contribution is -0.132. The van der Waals surface area contributed by atoms with E-state index < -0.39 is 17.7 Å². The number of aliphatic hydroxyl groups excluding tert-OH is 1. The van der Waals surface area contributed by atoms with Gasteiger partial charge in [0.05, 0.1) is 38.5 Å². The van der Waals surface area contributed by atoms with Crippen molar-refractivity contribution in [3.05, 3.63) is 89.1 Å². The molecule has 1 aromatic heterocycles. The number of aromatic amines is 1. The van der Waals surface area contributed by atoms with E-state index in [9.17, 15) is 14.7 Å². The maximum Gasteiger partial charge on any atom is 0.300 e. The van der Waals surface area contributed by atoms with E-state index in [0.717, 1.165) is 16.6 Å². The summed E-state index contributed by atoms with van der Waals surface area (Å²) in [4.78, 5) is 32.0. The predicted octanol–water partition coefficient (Wildman–Crippen LogP) is 5.13. The van der Waals surface area contributed by atoms with Crippen LogP contribution in [0.4, 0.5) is 5.69 Å². The zero-order chi connectivity index (χ0) is 26.3. The highest BCUT2D eigenvalue weighted by Gasteiger charge is 2.48. The number of hydrogen-bond acceptors (Lipinski definition) is 6. The third-order valence-electron chi connectivity index (χ3n) is 6.66. The first-order valence-corrected chi connectivity index (χ1v) is 11.6. The number of aliphatic hydroxyl groups is 1. The van der Waals surface area contributed by atoms with Crippen LogP contribution in [0.5, 0.6) is 17.2 Å². The van der Waals surface area contributed by atoms with Gasteiger partial charge in [0.1, 0.15) is 23.0 Å². The molecule has 37 heavy (non-hydrogen) atoms. The highest BCUT2D eigenvalue weighted by molar-refractivity contribution is 6.52. The number of nitrogens with zero attached hydrogens (tertiary/aromatic N) is 1. The van der Waals surface area contributed by atoms with Gasteiger partial charge in [0.25, 0.3) is 11.7 Å². The molecular weight excluding hydrogens is 472 g/mol. The van der Waals surface area contributed by atoms with Gasteiger partial charge in [0.15, 0.2) is 0 Å². The first-order valence-electron chi connectivity index (χ1n) is 11.6. The Kier molecular flexibility index (Phi) is 6.09. The maximum absolute atomic E-state index is 13.6. The first-order chi connectivity index (χ1) is 17.9. The van der Waals surface area contributed by atoms with Gasteiger partial charge in [-0.25, -0.2) is 0 Å². The number of methoxy groups -OCH3 is 3. The Balaban J connectivity index is 1.82. The van der Waals surface area contributed by atoms with E-state index in [1.54, 1.807) is 42.5 Å². The summed E-state index contributed by atoms with van der Waals surface area (Å²) in [6.07, 6.45) is 0. The van der Waals surface area contributed by atoms with Crippen LogP contribution in [-0.2, 0) is 9.59 Å². The van der Waals surface area contributed by atoms with Gasteiger partial charge in [-0.15, -0.1) is 0 Å². The molecule has 0 bridgehead atoms. The fraction of sp³-hybridized carbons (Fsp3) is 0.172. The molecule has 1 fully saturated rings. The lowest BCUT2D eigenvalue weighted by Gasteiger charge is -2.26. The number of anilines is 1. The quantitative estimate of drug-likeness (QED) is 0.217. The molecule has 0 aliphatic carbocycles. The summed E-state index contributed by atoms with van der Waals surface area (Å²) in [7, 11) is 4.51. The molecule has 1 unspecified atom stereocenters. The Morgan fingerprint density at radius 2 is 1.62 bits per heavy atom. The van der Waals surface area contributed by atoms with Crippen molar-refractivity contribution in [2.45, 2.75) is 13.0 Å². The van der Waals surface area contributed by atoms with Crippen molar-refractivity contribution in [3.8, 4) is 17.2 Å². The molecule has 1 saturated heterocycles. The maximum atomic E-state index is 13.6. The van der Waals surface area contributed by atoms with Crippen molar-refractivity contribution >= 4 is 34.0 Å². The third-order valence-corrected chi connectivity index (χ3v) is 6.66. The summed E-state index contributed by atoms with van der Waals surface area (Å²) in [5.74, 6) is -0.526. The number of H-pyrrole nitrogens is 1. The van der Waals surface area contributed by atoms with E-state index in [4.69, 9.17) is 14.2 Å². The van der Waals surface area contributed by atoms with Gasteiger partial charge in [-0.1, -0.05) is 24.3 Å². The van der Waals surface area contributed by atoms with Gasteiger partial charge < -0.3 is 24.3 Å². The number of aromatic nitrogens is 1. The van der Waals surface area contributed by atoms with Gasteiger partial charge in [-0.2, -0.15) is 0 Å². The minimum atomic E-state index is -0.907. The molecule has 1 aliphatic rings. The number of carbonyl (C=O) groups is 2. The Hall–Kier alpha value is -4.72. The average Bonchev–Trinajstić information content (AvgIpc) is 3.39. The molecule has 0 spiro atoms. The summed E-state index contributed by atoms with van der Waals surface area (Å²) >= 11 is 0. The number of benzene rings is 3. The van der Waals surface area contributed by atoms with Crippen LogP contribution in [-0.4, -0.2) is 43.1 Å². The zero-order valence-corrected chi connectivity index (χ0v) is 20.9. The molecule has 1 amide bonds. The number of ketones is 1. The Labute approximate surface area is 213 Å². The second-order valence-electron chi connectivity index (χ2n) is 8.65. The number of fused-ring (bicyclic) bond motifs is 1. The molecule has 188 valence electrons. The minimum Gasteiger partial charge on any atom is -0.507 e. The number of amides is 1. The molecule has 2 N–H and O–H groups in total. The van der Waals surface area contributed by atoms with Gasteiger partial charge in [0, 0.05) is 40.0 Å². The number of para-hydroxylation sites is 1. The van der Waals surface area contributed by atoms with Gasteiger partial charge >= 0.3 is 0 Å². The summed E-state index contributed by atoms with van der Waals surface area (Å²) in [5, 5.41) is 12.4. The first kappa shape index (κ1) is 24.0. The second kappa shape index (κ2) is 9.39. The number of carbonyl (C=O) groups excluding carboxylic acids is 2. The minimum absolute atomic E-state index is 0.0378. The number of nitrogens with one attached hydrogen (secondary N) is 1. The predicted molar refractivity (Wildman–Crippen MR) is 140 cm³/mol. The van der Waals surface area contributed by atoms with Gasteiger partial charge in [0.2, 0.25) is 0 Å². The van der Waals surface area contributed by atoms with Crippen molar-refractivity contribution in [2.75, 3.05) is 26.2 Å². The number of ether oxygens (including phenoxy) is 3. The Bertz CT molecular complexity index is 1570. The molecule has 2 heterocycles. The largest absolute Gasteiger partial charge is 0.507 e. The number of rotatable bonds is 6. The van der Waals surface area contributed by atoms with E-state index >= 15 is 0 Å². The fourth-order valence-corrected chi connectivity index (χ4v) is 4.92. The monoisotopic (exact) mass is 498 g/mol. The van der Waals surface area contributed by atoms with Crippen LogP contribution in [0.3, 0.4) is 0 Å². The van der Waals surface area contributed by atoms with Crippen LogP contribution in [0.25, 0.3) is 16.7 Å². The van der Waals surface area contributed by atoms with Crippen molar-refractivity contribution < 1.29 is 28.9 Å². The smallest absolute Gasteiger partial charge is 0.300 e. The van der Waals surface area contributed by atoms with Gasteiger partial charge in [-0.3, -0.25) is 14.5 Å². The number of hydrogen-bond donors (Lipinski definition) is 2. The molecular formula is C29H26N2O6. The van der Waals surface area contributed by atoms with Crippen LogP contribution in [0.2, 0.25) is 0 Å². The van der Waals surface area contributed by atoms with Crippen LogP contribution >= 0.6 is 0 Å². The van der Waals surface area contributed by atoms with Crippen LogP contribution < -0.4 is 19.1 Å². The third kappa shape index (κ3) is 3.87. The molecule has 1 aliphatic heterocycles. The molecule has 3 aromatic carbocycles. The summed E-state index contributed by atoms with van der Waals surface area (Å²) in [6.45, 7) is 1.88. The molecule has 8 heteroatoms. The number of aryl methyl sites for hydroxylation is 1. The van der Waals surface area contributed by atoms with E-state index in [0.29, 0.717) is 28.5 Å². The lowest BCUT2D eigenvalue weighted by atomic mass is 9.93. The summed E-state index contributed by atoms with van der Waals surface area (Å²) < 4.78 is 16.1. The molecule has 0 saturated carbocycles. The highest BCUT2D eigenvalue weighted by atomic mass is 16.5. The highest BCUT2D eigenvalue weighted by Crippen LogP contribution is 2.46. The normalized spacial score (nSPS) is 16.9. The summed E-state index contributed by atoms with van der Waals surface area (Å²) in [6, 6.07) is 18.5. The van der Waals surface area contributed by atoms with E-state index in [2.05, 4.69) is 4.98 Å². The van der Waals surface area contributed by atoms with E-state index in [1.165, 1.54) is 26.2 Å². The zero-order valence-electron chi connectivity index (χ0n) is 20.9. The molecule has 5 rings (SSSR count). The Morgan fingerprint density at radius 3 is 2.35 bits per heavy atom. The SMILES string of the molecule is COc1cccc(N2C(=O)C(=O)/C(=C(/O)c3ccc(OC)cc3OC)C2c2c(C)[nH]c3ccccc23)c1. The fourth-order valence-electron chi connectivity index (χ4n) is 4.92. The average molecular weight is 499 g/mol. The van der Waals surface area contributed by atoms with Crippen LogP contribution in [0, 0.1) is 6.92 Å².